The van der Waals surface area contributed by atoms with Crippen molar-refractivity contribution >= 4 is 17.6 Å². The molecule has 2 unspecified atom stereocenters. The van der Waals surface area contributed by atoms with E-state index in [1.165, 1.54) is 0 Å². The molecular weight excluding hydrogens is 224 g/mol. The zero-order valence-electron chi connectivity index (χ0n) is 9.77. The first-order valence-corrected chi connectivity index (χ1v) is 6.18. The third-order valence-electron chi connectivity index (χ3n) is 2.20. The minimum atomic E-state index is -0.332. The lowest BCUT2D eigenvalue weighted by atomic mass is 10.3. The number of nitrogen functional groups attached to an aromatic ring is 1. The van der Waals surface area contributed by atoms with E-state index in [0.717, 1.165) is 11.5 Å². The zero-order chi connectivity index (χ0) is 12.1. The van der Waals surface area contributed by atoms with Crippen molar-refractivity contribution in [3.05, 3.63) is 17.6 Å². The van der Waals surface area contributed by atoms with Crippen molar-refractivity contribution in [3.8, 4) is 0 Å². The molecule has 0 bridgehead atoms. The van der Waals surface area contributed by atoms with Crippen LogP contribution in [0.2, 0.25) is 0 Å². The molecule has 0 amide bonds. The molecule has 0 saturated carbocycles. The van der Waals surface area contributed by atoms with Crippen LogP contribution in [0.4, 0.5) is 5.82 Å². The molecule has 0 aliphatic carbocycles. The molecule has 90 valence electrons. The number of nitrogens with zero attached hydrogens (tertiary/aromatic N) is 2. The first-order chi connectivity index (χ1) is 7.52. The molecule has 0 spiro atoms. The van der Waals surface area contributed by atoms with E-state index >= 15 is 0 Å². The molecule has 0 aromatic carbocycles. The topological polar surface area (TPSA) is 84.1 Å². The maximum absolute atomic E-state index is 9.36. The number of aryl methyl sites for hydroxylation is 1. The van der Waals surface area contributed by atoms with Crippen LogP contribution in [0.3, 0.4) is 0 Å². The summed E-state index contributed by atoms with van der Waals surface area (Å²) in [6, 6.07) is 1.78. The summed E-state index contributed by atoms with van der Waals surface area (Å²) in [6.45, 7) is 5.66. The Morgan fingerprint density at radius 3 is 2.75 bits per heavy atom. The smallest absolute Gasteiger partial charge is 0.143 e. The minimum Gasteiger partial charge on any atom is -0.392 e. The summed E-state index contributed by atoms with van der Waals surface area (Å²) in [5.41, 5.74) is 3.39. The minimum absolute atomic E-state index is 0.165. The molecule has 0 aliphatic rings. The van der Waals surface area contributed by atoms with Gasteiger partial charge in [-0.05, 0) is 13.8 Å². The number of hydrogen-bond acceptors (Lipinski definition) is 6. The van der Waals surface area contributed by atoms with Crippen LogP contribution in [0, 0.1) is 6.92 Å². The van der Waals surface area contributed by atoms with Gasteiger partial charge >= 0.3 is 0 Å². The van der Waals surface area contributed by atoms with Gasteiger partial charge in [0.1, 0.15) is 11.6 Å². The fourth-order valence-corrected chi connectivity index (χ4v) is 1.93. The van der Waals surface area contributed by atoms with E-state index < -0.39 is 0 Å². The van der Waals surface area contributed by atoms with Crippen molar-refractivity contribution in [2.45, 2.75) is 37.9 Å². The van der Waals surface area contributed by atoms with Crippen molar-refractivity contribution in [1.82, 2.24) is 9.97 Å². The van der Waals surface area contributed by atoms with Crippen LogP contribution in [-0.4, -0.2) is 26.4 Å². The molecule has 0 fully saturated rings. The van der Waals surface area contributed by atoms with E-state index in [9.17, 15) is 5.11 Å². The maximum Gasteiger partial charge on any atom is 0.143 e. The van der Waals surface area contributed by atoms with Gasteiger partial charge in [-0.3, -0.25) is 0 Å². The van der Waals surface area contributed by atoms with Gasteiger partial charge in [-0.25, -0.2) is 15.8 Å². The number of hydrazine groups is 1. The van der Waals surface area contributed by atoms with Crippen LogP contribution >= 0.6 is 11.8 Å². The fourth-order valence-electron chi connectivity index (χ4n) is 1.11. The summed E-state index contributed by atoms with van der Waals surface area (Å²) >= 11 is 1.62. The van der Waals surface area contributed by atoms with Crippen LogP contribution in [0.25, 0.3) is 0 Å². The van der Waals surface area contributed by atoms with Gasteiger partial charge in [0.2, 0.25) is 0 Å². The number of anilines is 1. The van der Waals surface area contributed by atoms with E-state index in [1.54, 1.807) is 24.8 Å². The second-order valence-electron chi connectivity index (χ2n) is 3.71. The van der Waals surface area contributed by atoms with Crippen LogP contribution < -0.4 is 11.3 Å². The predicted octanol–water partition coefficient (Wildman–Crippen LogP) is 1.07. The van der Waals surface area contributed by atoms with Gasteiger partial charge < -0.3 is 10.5 Å². The molecule has 1 aromatic heterocycles. The van der Waals surface area contributed by atoms with Crippen molar-refractivity contribution in [1.29, 1.82) is 0 Å². The maximum atomic E-state index is 9.36. The Balaban J connectivity index is 2.63. The summed E-state index contributed by atoms with van der Waals surface area (Å²) in [6.07, 6.45) is -0.332. The summed E-state index contributed by atoms with van der Waals surface area (Å²) in [7, 11) is 0. The molecule has 5 nitrogen and oxygen atoms in total. The number of rotatable bonds is 5. The van der Waals surface area contributed by atoms with E-state index in [4.69, 9.17) is 5.84 Å². The van der Waals surface area contributed by atoms with Gasteiger partial charge in [0, 0.05) is 17.0 Å². The van der Waals surface area contributed by atoms with E-state index in [-0.39, 0.29) is 11.4 Å². The number of aliphatic hydroxyl groups excluding tert-OH is 1. The van der Waals surface area contributed by atoms with Crippen molar-refractivity contribution in [3.63, 3.8) is 0 Å². The average Bonchev–Trinajstić information content (AvgIpc) is 2.24. The molecule has 1 rings (SSSR count). The molecule has 16 heavy (non-hydrogen) atoms. The highest BCUT2D eigenvalue weighted by Gasteiger charge is 2.10. The summed E-state index contributed by atoms with van der Waals surface area (Å²) in [5.74, 6) is 7.32. The first-order valence-electron chi connectivity index (χ1n) is 5.13. The first kappa shape index (κ1) is 13.2. The second-order valence-corrected chi connectivity index (χ2v) is 5.08. The SMILES string of the molecule is Cc1cc(NN)nc(CSC(C)C(C)O)n1. The molecular formula is C10H18N4OS. The van der Waals surface area contributed by atoms with Gasteiger partial charge in [-0.2, -0.15) is 0 Å². The molecule has 2 atom stereocenters. The Labute approximate surface area is 99.8 Å². The third kappa shape index (κ3) is 3.96. The largest absolute Gasteiger partial charge is 0.392 e. The number of aliphatic hydroxyl groups is 1. The lowest BCUT2D eigenvalue weighted by Crippen LogP contribution is -2.16. The van der Waals surface area contributed by atoms with Gasteiger partial charge in [-0.15, -0.1) is 11.8 Å². The highest BCUT2D eigenvalue weighted by atomic mass is 32.2. The van der Waals surface area contributed by atoms with Gasteiger partial charge in [0.25, 0.3) is 0 Å². The summed E-state index contributed by atoms with van der Waals surface area (Å²) in [4.78, 5) is 8.54. The zero-order valence-corrected chi connectivity index (χ0v) is 10.6. The molecule has 6 heteroatoms. The Kier molecular flexibility index (Phi) is 4.98. The normalized spacial score (nSPS) is 14.6. The molecule has 1 aromatic rings. The number of nitrogens with two attached hydrogens (primary N) is 1. The van der Waals surface area contributed by atoms with E-state index in [1.807, 2.05) is 13.8 Å². The van der Waals surface area contributed by atoms with Crippen LogP contribution in [0.5, 0.6) is 0 Å². The highest BCUT2D eigenvalue weighted by molar-refractivity contribution is 7.99. The van der Waals surface area contributed by atoms with E-state index in [0.29, 0.717) is 11.6 Å². The number of thioether (sulfide) groups is 1. The second kappa shape index (κ2) is 6.03. The number of nitrogens with one attached hydrogen (secondary N) is 1. The predicted molar refractivity (Wildman–Crippen MR) is 67.0 cm³/mol. The Morgan fingerprint density at radius 2 is 2.19 bits per heavy atom. The van der Waals surface area contributed by atoms with E-state index in [2.05, 4.69) is 15.4 Å². The summed E-state index contributed by atoms with van der Waals surface area (Å²) < 4.78 is 0. The Morgan fingerprint density at radius 1 is 1.50 bits per heavy atom. The highest BCUT2D eigenvalue weighted by Crippen LogP contribution is 2.19. The molecule has 0 radical (unpaired) electrons. The fraction of sp³-hybridized carbons (Fsp3) is 0.600. The Bertz CT molecular complexity index is 346. The van der Waals surface area contributed by atoms with Gasteiger partial charge in [0.05, 0.1) is 11.9 Å². The molecule has 4 N–H and O–H groups in total. The van der Waals surface area contributed by atoms with Crippen LogP contribution in [-0.2, 0) is 5.75 Å². The van der Waals surface area contributed by atoms with Crippen LogP contribution in [0.1, 0.15) is 25.4 Å². The quantitative estimate of drug-likeness (QED) is 0.529. The Hall–Kier alpha value is -0.850. The number of aromatic nitrogens is 2. The molecule has 0 saturated heterocycles. The lowest BCUT2D eigenvalue weighted by molar-refractivity contribution is 0.196. The van der Waals surface area contributed by atoms with Gasteiger partial charge in [-0.1, -0.05) is 6.92 Å². The standard InChI is InChI=1S/C10H18N4OS/c1-6-4-9(14-11)13-10(12-6)5-16-8(3)7(2)15/h4,7-8,15H,5,11H2,1-3H3,(H,12,13,14). The van der Waals surface area contributed by atoms with Crippen molar-refractivity contribution in [2.24, 2.45) is 5.84 Å². The molecule has 1 heterocycles. The van der Waals surface area contributed by atoms with Gasteiger partial charge in [0.15, 0.2) is 0 Å². The monoisotopic (exact) mass is 242 g/mol. The van der Waals surface area contributed by atoms with Crippen molar-refractivity contribution in [2.75, 3.05) is 5.43 Å². The average molecular weight is 242 g/mol. The summed E-state index contributed by atoms with van der Waals surface area (Å²) in [5, 5.41) is 9.53. The molecule has 0 aliphatic heterocycles. The lowest BCUT2D eigenvalue weighted by Gasteiger charge is -2.13. The third-order valence-corrected chi connectivity index (χ3v) is 3.55. The number of hydrogen-bond donors (Lipinski definition) is 3. The van der Waals surface area contributed by atoms with Crippen LogP contribution in [0.15, 0.2) is 6.07 Å². The van der Waals surface area contributed by atoms with Crippen molar-refractivity contribution < 1.29 is 5.11 Å².